The van der Waals surface area contributed by atoms with Gasteiger partial charge in [-0.25, -0.2) is 4.79 Å². The number of halogens is 1. The molecular weight excluding hydrogens is 254 g/mol. The molecular formula is C12H16ClN3O2. The van der Waals surface area contributed by atoms with E-state index in [9.17, 15) is 4.79 Å². The molecule has 1 aliphatic heterocycles. The van der Waals surface area contributed by atoms with Crippen LogP contribution in [0.3, 0.4) is 0 Å². The third-order valence-corrected chi connectivity index (χ3v) is 3.13. The molecule has 2 amide bonds. The number of benzene rings is 1. The summed E-state index contributed by atoms with van der Waals surface area (Å²) in [4.78, 5) is 11.8. The summed E-state index contributed by atoms with van der Waals surface area (Å²) in [6, 6.07) is 6.71. The summed E-state index contributed by atoms with van der Waals surface area (Å²) in [6.45, 7) is 1.47. The highest BCUT2D eigenvalue weighted by Gasteiger charge is 2.27. The summed E-state index contributed by atoms with van der Waals surface area (Å²) >= 11 is 5.77. The van der Waals surface area contributed by atoms with Gasteiger partial charge in [0.05, 0.1) is 12.1 Å². The first-order valence-corrected chi connectivity index (χ1v) is 6.13. The van der Waals surface area contributed by atoms with E-state index < -0.39 is 0 Å². The maximum atomic E-state index is 11.8. The van der Waals surface area contributed by atoms with Crippen molar-refractivity contribution in [3.8, 4) is 0 Å². The molecule has 1 saturated heterocycles. The molecule has 6 heteroatoms. The molecule has 1 unspecified atom stereocenters. The average Bonchev–Trinajstić information content (AvgIpc) is 2.79. The van der Waals surface area contributed by atoms with Crippen molar-refractivity contribution >= 4 is 23.3 Å². The van der Waals surface area contributed by atoms with Gasteiger partial charge in [0.15, 0.2) is 0 Å². The highest BCUT2D eigenvalue weighted by molar-refractivity contribution is 6.30. The van der Waals surface area contributed by atoms with E-state index >= 15 is 0 Å². The Morgan fingerprint density at radius 3 is 2.78 bits per heavy atom. The smallest absolute Gasteiger partial charge is 0.319 e. The first kappa shape index (κ1) is 13.1. The van der Waals surface area contributed by atoms with Crippen LogP contribution in [0.5, 0.6) is 0 Å². The quantitative estimate of drug-likeness (QED) is 0.778. The Hall–Kier alpha value is -1.30. The Balaban J connectivity index is 1.86. The van der Waals surface area contributed by atoms with Crippen molar-refractivity contribution in [3.05, 3.63) is 29.3 Å². The lowest BCUT2D eigenvalue weighted by Crippen LogP contribution is -2.45. The topological polar surface area (TPSA) is 62.4 Å². The molecule has 2 atom stereocenters. The minimum absolute atomic E-state index is 0.0118. The molecule has 0 spiro atoms. The van der Waals surface area contributed by atoms with Gasteiger partial charge in [-0.05, 0) is 24.3 Å². The lowest BCUT2D eigenvalue weighted by Gasteiger charge is -2.18. The number of hydrogen-bond acceptors (Lipinski definition) is 3. The van der Waals surface area contributed by atoms with Gasteiger partial charge in [0.25, 0.3) is 0 Å². The molecule has 0 saturated carbocycles. The fourth-order valence-corrected chi connectivity index (χ4v) is 2.04. The van der Waals surface area contributed by atoms with Gasteiger partial charge in [-0.3, -0.25) is 0 Å². The van der Waals surface area contributed by atoms with Crippen molar-refractivity contribution in [2.24, 2.45) is 0 Å². The van der Waals surface area contributed by atoms with Crippen LogP contribution in [0.1, 0.15) is 0 Å². The molecule has 18 heavy (non-hydrogen) atoms. The number of urea groups is 1. The van der Waals surface area contributed by atoms with E-state index in [1.165, 1.54) is 0 Å². The zero-order chi connectivity index (χ0) is 13.0. The molecule has 1 fully saturated rings. The molecule has 1 heterocycles. The minimum Gasteiger partial charge on any atom is -0.378 e. The first-order valence-electron chi connectivity index (χ1n) is 5.75. The van der Waals surface area contributed by atoms with Gasteiger partial charge < -0.3 is 20.7 Å². The summed E-state index contributed by atoms with van der Waals surface area (Å²) in [7, 11) is 1.64. The zero-order valence-corrected chi connectivity index (χ0v) is 10.8. The lowest BCUT2D eigenvalue weighted by atomic mass is 10.2. The molecule has 0 bridgehead atoms. The van der Waals surface area contributed by atoms with E-state index in [1.54, 1.807) is 31.4 Å². The Morgan fingerprint density at radius 1 is 1.39 bits per heavy atom. The summed E-state index contributed by atoms with van der Waals surface area (Å²) in [6.07, 6.45) is 0.0148. The molecule has 98 valence electrons. The molecule has 3 N–H and O–H groups in total. The van der Waals surface area contributed by atoms with Crippen molar-refractivity contribution in [1.82, 2.24) is 10.6 Å². The second-order valence-electron chi connectivity index (χ2n) is 4.14. The number of methoxy groups -OCH3 is 1. The second-order valence-corrected chi connectivity index (χ2v) is 4.58. The van der Waals surface area contributed by atoms with Crippen LogP contribution in [0.25, 0.3) is 0 Å². The number of rotatable bonds is 3. The van der Waals surface area contributed by atoms with Crippen molar-refractivity contribution in [1.29, 1.82) is 0 Å². The highest BCUT2D eigenvalue weighted by atomic mass is 35.5. The second kappa shape index (κ2) is 6.04. The fraction of sp³-hybridized carbons (Fsp3) is 0.417. The molecule has 0 aromatic heterocycles. The largest absolute Gasteiger partial charge is 0.378 e. The summed E-state index contributed by atoms with van der Waals surface area (Å²) in [5.74, 6) is 0. The zero-order valence-electron chi connectivity index (χ0n) is 10.1. The number of anilines is 1. The summed E-state index contributed by atoms with van der Waals surface area (Å²) < 4.78 is 5.27. The molecule has 1 aromatic carbocycles. The van der Waals surface area contributed by atoms with Gasteiger partial charge in [0.1, 0.15) is 0 Å². The Labute approximate surface area is 111 Å². The van der Waals surface area contributed by atoms with E-state index in [0.717, 1.165) is 6.54 Å². The van der Waals surface area contributed by atoms with Gasteiger partial charge >= 0.3 is 6.03 Å². The average molecular weight is 270 g/mol. The van der Waals surface area contributed by atoms with Gasteiger partial charge in [0.2, 0.25) is 0 Å². The van der Waals surface area contributed by atoms with Crippen LogP contribution < -0.4 is 16.0 Å². The van der Waals surface area contributed by atoms with Crippen LogP contribution >= 0.6 is 11.6 Å². The predicted octanol–water partition coefficient (Wildman–Crippen LogP) is 1.45. The third-order valence-electron chi connectivity index (χ3n) is 2.88. The predicted molar refractivity (Wildman–Crippen MR) is 71.1 cm³/mol. The highest BCUT2D eigenvalue weighted by Crippen LogP contribution is 2.13. The molecule has 0 radical (unpaired) electrons. The third kappa shape index (κ3) is 3.35. The van der Waals surface area contributed by atoms with Crippen molar-refractivity contribution in [3.63, 3.8) is 0 Å². The maximum absolute atomic E-state index is 11.8. The number of nitrogens with one attached hydrogen (secondary N) is 3. The Morgan fingerprint density at radius 2 is 2.11 bits per heavy atom. The molecule has 2 rings (SSSR count). The van der Waals surface area contributed by atoms with E-state index in [0.29, 0.717) is 17.3 Å². The number of ether oxygens (including phenoxy) is 1. The SMILES string of the molecule is CO[C@H]1CNCC1NC(=O)Nc1ccc(Cl)cc1. The van der Waals surface area contributed by atoms with Gasteiger partial charge in [0, 0.05) is 30.9 Å². The fourth-order valence-electron chi connectivity index (χ4n) is 1.92. The van der Waals surface area contributed by atoms with Crippen LogP contribution in [0, 0.1) is 0 Å². The van der Waals surface area contributed by atoms with Crippen LogP contribution in [-0.2, 0) is 4.74 Å². The van der Waals surface area contributed by atoms with E-state index in [2.05, 4.69) is 16.0 Å². The van der Waals surface area contributed by atoms with E-state index in [-0.39, 0.29) is 18.2 Å². The standard InChI is InChI=1S/C12H16ClN3O2/c1-18-11-7-14-6-10(11)16-12(17)15-9-4-2-8(13)3-5-9/h2-5,10-11,14H,6-7H2,1H3,(H2,15,16,17)/t10?,11-/m0/s1. The number of amides is 2. The van der Waals surface area contributed by atoms with Gasteiger partial charge in [-0.2, -0.15) is 0 Å². The van der Waals surface area contributed by atoms with Crippen LogP contribution in [0.15, 0.2) is 24.3 Å². The Bertz CT molecular complexity index is 410. The summed E-state index contributed by atoms with van der Waals surface area (Å²) in [5, 5.41) is 9.43. The minimum atomic E-state index is -0.243. The normalized spacial score (nSPS) is 22.8. The van der Waals surface area contributed by atoms with Crippen LogP contribution in [-0.4, -0.2) is 38.4 Å². The van der Waals surface area contributed by atoms with Crippen molar-refractivity contribution in [2.75, 3.05) is 25.5 Å². The molecule has 1 aliphatic rings. The van der Waals surface area contributed by atoms with Gasteiger partial charge in [-0.15, -0.1) is 0 Å². The molecule has 0 aliphatic carbocycles. The van der Waals surface area contributed by atoms with E-state index in [1.807, 2.05) is 0 Å². The lowest BCUT2D eigenvalue weighted by molar-refractivity contribution is 0.0991. The number of carbonyl (C=O) groups is 1. The van der Waals surface area contributed by atoms with Gasteiger partial charge in [-0.1, -0.05) is 11.6 Å². The van der Waals surface area contributed by atoms with E-state index in [4.69, 9.17) is 16.3 Å². The molecule has 1 aromatic rings. The molecule has 5 nitrogen and oxygen atoms in total. The monoisotopic (exact) mass is 269 g/mol. The number of carbonyl (C=O) groups excluding carboxylic acids is 1. The van der Waals surface area contributed by atoms with Crippen LogP contribution in [0.4, 0.5) is 10.5 Å². The Kier molecular flexibility index (Phi) is 4.41. The first-order chi connectivity index (χ1) is 8.69. The van der Waals surface area contributed by atoms with Crippen LogP contribution in [0.2, 0.25) is 5.02 Å². The summed E-state index contributed by atoms with van der Waals surface area (Å²) in [5.41, 5.74) is 0.705. The van der Waals surface area contributed by atoms with Crippen molar-refractivity contribution < 1.29 is 9.53 Å². The number of hydrogen-bond donors (Lipinski definition) is 3. The van der Waals surface area contributed by atoms with Crippen molar-refractivity contribution in [2.45, 2.75) is 12.1 Å². The maximum Gasteiger partial charge on any atom is 0.319 e.